The number of nitrogen functional groups attached to an aromatic ring is 1. The van der Waals surface area contributed by atoms with Gasteiger partial charge >= 0.3 is 0 Å². The Morgan fingerprint density at radius 1 is 0.639 bits per heavy atom. The van der Waals surface area contributed by atoms with Crippen LogP contribution in [0.2, 0.25) is 10.0 Å². The summed E-state index contributed by atoms with van der Waals surface area (Å²) in [5, 5.41) is 26.5. The van der Waals surface area contributed by atoms with Crippen LogP contribution >= 0.6 is 37.5 Å². The molecule has 4 heterocycles. The maximum atomic E-state index is 12.7. The van der Waals surface area contributed by atoms with Crippen molar-refractivity contribution in [2.45, 2.75) is 25.7 Å². The number of likely N-dealkylation sites (tertiary alicyclic amines) is 2. The minimum atomic E-state index is -2.55. The summed E-state index contributed by atoms with van der Waals surface area (Å²) in [5.41, 5.74) is 11.2. The third-order valence-corrected chi connectivity index (χ3v) is 16.1. The van der Waals surface area contributed by atoms with E-state index in [0.717, 1.165) is 49.4 Å². The first-order chi connectivity index (χ1) is 34.3. The van der Waals surface area contributed by atoms with E-state index >= 15 is 0 Å². The summed E-state index contributed by atoms with van der Waals surface area (Å²) in [6, 6.07) is 25.6. The van der Waals surface area contributed by atoms with Crippen LogP contribution in [0.1, 0.15) is 25.7 Å². The SMILES string of the molecule is CN(CCN1CCCC1)c1ccc(Nc2ncc(Cl)c(Nc3ccccc3P(C)(C)=O)n2)cc1N.CN(CCN1CCCC1)c1ccc(Nc2ncc(Cl)c(Nc3ccccc3P(C)(C)=O)n2)cc1[N+](=O)[O-]. The van der Waals surface area contributed by atoms with Gasteiger partial charge in [-0.3, -0.25) is 10.1 Å². The van der Waals surface area contributed by atoms with Crippen molar-refractivity contribution in [2.24, 2.45) is 0 Å². The number of rotatable bonds is 19. The molecular formula is C50H64Cl2N14O4P2. The summed E-state index contributed by atoms with van der Waals surface area (Å²) in [6.07, 6.45) is 7.97. The van der Waals surface area contributed by atoms with Crippen molar-refractivity contribution in [3.8, 4) is 0 Å². The summed E-state index contributed by atoms with van der Waals surface area (Å²) in [5.74, 6) is 1.34. The number of hydrogen-bond donors (Lipinski definition) is 5. The second-order valence-electron chi connectivity index (χ2n) is 18.7. The van der Waals surface area contributed by atoms with Gasteiger partial charge in [0.05, 0.1) is 40.1 Å². The number of aromatic nitrogens is 4. The number of likely N-dealkylation sites (N-methyl/N-ethyl adjacent to an activating group) is 2. The quantitative estimate of drug-likeness (QED) is 0.0221. The third kappa shape index (κ3) is 14.6. The number of halogens is 2. The Morgan fingerprint density at radius 3 is 1.49 bits per heavy atom. The van der Waals surface area contributed by atoms with Gasteiger partial charge in [0.2, 0.25) is 11.9 Å². The largest absolute Gasteiger partial charge is 0.397 e. The first kappa shape index (κ1) is 53.8. The van der Waals surface area contributed by atoms with Gasteiger partial charge in [0.15, 0.2) is 11.6 Å². The zero-order chi connectivity index (χ0) is 51.6. The Hall–Kier alpha value is -6.00. The van der Waals surface area contributed by atoms with Crippen LogP contribution in [0.3, 0.4) is 0 Å². The molecule has 0 spiro atoms. The Bertz CT molecular complexity index is 2950. The van der Waals surface area contributed by atoms with Crippen molar-refractivity contribution in [1.29, 1.82) is 0 Å². The standard InChI is InChI=1S/C25H31ClN7O3P.C25H33ClN7OP/c1-31(14-15-32-12-6-7-13-32)21-11-10-18(16-22(21)33(34)35)28-25-27-17-19(26)24(30-25)29-20-8-4-5-9-23(20)37(2,3)36;1-32(14-15-33-12-6-7-13-33)22-11-10-18(16-20(22)27)29-25-28-17-19(26)24(31-25)30-21-8-4-5-9-23(21)35(2,3)34/h4-5,8-11,16-17H,6-7,12-15H2,1-3H3,(H2,27,28,29,30);4-5,8-11,16-17H,6-7,12-15,27H2,1-3H3,(H2,28,29,30,31). The minimum Gasteiger partial charge on any atom is -0.397 e. The topological polar surface area (TPSA) is 216 Å². The van der Waals surface area contributed by atoms with Gasteiger partial charge in [-0.15, -0.1) is 0 Å². The average molecular weight is 1060 g/mol. The molecule has 0 radical (unpaired) electrons. The molecule has 2 fully saturated rings. The lowest BCUT2D eigenvalue weighted by Crippen LogP contribution is -2.31. The predicted molar refractivity (Wildman–Crippen MR) is 300 cm³/mol. The van der Waals surface area contributed by atoms with E-state index < -0.39 is 14.3 Å². The van der Waals surface area contributed by atoms with Crippen molar-refractivity contribution in [3.05, 3.63) is 117 Å². The fraction of sp³-hybridized carbons (Fsp3) is 0.360. The number of nitrogens with two attached hydrogens (primary N) is 1. The molecule has 382 valence electrons. The molecule has 6 N–H and O–H groups in total. The molecule has 2 saturated heterocycles. The zero-order valence-electron chi connectivity index (χ0n) is 41.6. The minimum absolute atomic E-state index is 0.00296. The summed E-state index contributed by atoms with van der Waals surface area (Å²) >= 11 is 12.7. The first-order valence-electron chi connectivity index (χ1n) is 23.8. The van der Waals surface area contributed by atoms with Gasteiger partial charge in [0.25, 0.3) is 5.69 Å². The highest BCUT2D eigenvalue weighted by atomic mass is 35.5. The van der Waals surface area contributed by atoms with Crippen molar-refractivity contribution < 1.29 is 14.1 Å². The molecule has 18 nitrogen and oxygen atoms in total. The molecule has 2 aliphatic rings. The summed E-state index contributed by atoms with van der Waals surface area (Å²) in [4.78, 5) is 38.0. The molecule has 6 aromatic rings. The highest BCUT2D eigenvalue weighted by Gasteiger charge is 2.22. The van der Waals surface area contributed by atoms with Crippen LogP contribution in [0, 0.1) is 10.1 Å². The van der Waals surface area contributed by atoms with Gasteiger partial charge in [-0.2, -0.15) is 9.97 Å². The Morgan fingerprint density at radius 2 is 1.06 bits per heavy atom. The van der Waals surface area contributed by atoms with Crippen LogP contribution in [-0.4, -0.2) is 128 Å². The number of nitro groups is 1. The molecule has 72 heavy (non-hydrogen) atoms. The number of nitro benzene ring substituents is 1. The second-order valence-corrected chi connectivity index (χ2v) is 25.9. The number of nitrogens with one attached hydrogen (secondary N) is 4. The van der Waals surface area contributed by atoms with E-state index in [0.29, 0.717) is 62.9 Å². The molecule has 0 bridgehead atoms. The Kier molecular flexibility index (Phi) is 18.0. The van der Waals surface area contributed by atoms with E-state index in [9.17, 15) is 19.2 Å². The monoisotopic (exact) mass is 1060 g/mol. The Labute approximate surface area is 432 Å². The van der Waals surface area contributed by atoms with Crippen molar-refractivity contribution in [1.82, 2.24) is 29.7 Å². The fourth-order valence-electron chi connectivity index (χ4n) is 8.53. The molecule has 8 rings (SSSR count). The van der Waals surface area contributed by atoms with Gasteiger partial charge < -0.3 is 55.7 Å². The van der Waals surface area contributed by atoms with Crippen molar-refractivity contribution in [2.75, 3.05) is 130 Å². The van der Waals surface area contributed by atoms with Crippen LogP contribution in [0.25, 0.3) is 0 Å². The van der Waals surface area contributed by atoms with Crippen LogP contribution < -0.4 is 47.4 Å². The highest BCUT2D eigenvalue weighted by Crippen LogP contribution is 2.40. The van der Waals surface area contributed by atoms with Crippen LogP contribution in [-0.2, 0) is 9.13 Å². The zero-order valence-corrected chi connectivity index (χ0v) is 44.9. The molecule has 22 heteroatoms. The smallest absolute Gasteiger partial charge is 0.294 e. The third-order valence-electron chi connectivity index (χ3n) is 12.4. The predicted octanol–water partition coefficient (Wildman–Crippen LogP) is 10.3. The maximum Gasteiger partial charge on any atom is 0.294 e. The molecule has 0 aliphatic carbocycles. The average Bonchev–Trinajstić information content (AvgIpc) is 4.08. The molecule has 4 aromatic carbocycles. The molecular weight excluding hydrogens is 993 g/mol. The number of para-hydroxylation sites is 2. The van der Waals surface area contributed by atoms with Crippen LogP contribution in [0.5, 0.6) is 0 Å². The van der Waals surface area contributed by atoms with Crippen molar-refractivity contribution >= 4 is 117 Å². The van der Waals surface area contributed by atoms with Crippen LogP contribution in [0.15, 0.2) is 97.3 Å². The second kappa shape index (κ2) is 24.1. The van der Waals surface area contributed by atoms with E-state index in [1.54, 1.807) is 44.9 Å². The molecule has 0 amide bonds. The first-order valence-corrected chi connectivity index (χ1v) is 29.8. The normalized spacial score (nSPS) is 14.1. The van der Waals surface area contributed by atoms with Gasteiger partial charge in [0.1, 0.15) is 30.0 Å². The lowest BCUT2D eigenvalue weighted by molar-refractivity contribution is -0.384. The van der Waals surface area contributed by atoms with E-state index in [2.05, 4.69) is 63.0 Å². The number of nitrogens with zero attached hydrogens (tertiary/aromatic N) is 9. The molecule has 0 unspecified atom stereocenters. The fourth-order valence-corrected chi connectivity index (χ4v) is 11.1. The lowest BCUT2D eigenvalue weighted by Gasteiger charge is -2.24. The number of hydrogen-bond acceptors (Lipinski definition) is 17. The molecule has 2 aromatic heterocycles. The summed E-state index contributed by atoms with van der Waals surface area (Å²) < 4.78 is 25.4. The highest BCUT2D eigenvalue weighted by molar-refractivity contribution is 7.70. The molecule has 0 atom stereocenters. The van der Waals surface area contributed by atoms with Gasteiger partial charge in [-0.25, -0.2) is 9.97 Å². The van der Waals surface area contributed by atoms with Gasteiger partial charge in [0, 0.05) is 68.3 Å². The number of benzene rings is 4. The van der Waals surface area contributed by atoms with Gasteiger partial charge in [-0.05, 0) is 133 Å². The Balaban J connectivity index is 0.000000212. The van der Waals surface area contributed by atoms with E-state index in [1.807, 2.05) is 72.6 Å². The van der Waals surface area contributed by atoms with E-state index in [4.69, 9.17) is 28.9 Å². The van der Waals surface area contributed by atoms with E-state index in [-0.39, 0.29) is 21.6 Å². The van der Waals surface area contributed by atoms with Crippen molar-refractivity contribution in [3.63, 3.8) is 0 Å². The maximum absolute atomic E-state index is 12.7. The van der Waals surface area contributed by atoms with Gasteiger partial charge in [-0.1, -0.05) is 47.5 Å². The summed E-state index contributed by atoms with van der Waals surface area (Å²) in [7, 11) is -1.10. The molecule has 2 aliphatic heterocycles. The van der Waals surface area contributed by atoms with Crippen LogP contribution in [0.4, 0.5) is 69.0 Å². The molecule has 0 saturated carbocycles. The lowest BCUT2D eigenvalue weighted by atomic mass is 10.2. The van der Waals surface area contributed by atoms with E-state index in [1.165, 1.54) is 57.2 Å². The summed E-state index contributed by atoms with van der Waals surface area (Å²) in [6.45, 7) is 14.9. The number of anilines is 11.